The van der Waals surface area contributed by atoms with Crippen molar-refractivity contribution in [2.75, 3.05) is 51.3 Å². The number of anilines is 2. The summed E-state index contributed by atoms with van der Waals surface area (Å²) in [6, 6.07) is 10.5. The van der Waals surface area contributed by atoms with Crippen LogP contribution in [-0.4, -0.2) is 67.8 Å². The Bertz CT molecular complexity index is 802. The summed E-state index contributed by atoms with van der Waals surface area (Å²) < 4.78 is 10.3. The maximum absolute atomic E-state index is 12.2. The first kappa shape index (κ1) is 20.8. The van der Waals surface area contributed by atoms with Crippen LogP contribution in [0.1, 0.15) is 27.8 Å². The SMILES string of the molecule is CCOC(=O)c1ccc(Nc2ccc(C(=O)NCCN3CCOCC3)nc2)cc1. The second-order valence-corrected chi connectivity index (χ2v) is 6.56. The Morgan fingerprint density at radius 2 is 1.83 bits per heavy atom. The van der Waals surface area contributed by atoms with Gasteiger partial charge in [0, 0.05) is 31.9 Å². The number of morpholine rings is 1. The highest BCUT2D eigenvalue weighted by Gasteiger charge is 2.11. The first-order valence-electron chi connectivity index (χ1n) is 9.74. The van der Waals surface area contributed by atoms with E-state index in [0.29, 0.717) is 24.4 Å². The molecule has 8 heteroatoms. The monoisotopic (exact) mass is 398 g/mol. The molecule has 0 radical (unpaired) electrons. The van der Waals surface area contributed by atoms with Gasteiger partial charge in [-0.25, -0.2) is 9.78 Å². The molecule has 0 atom stereocenters. The number of carbonyl (C=O) groups excluding carboxylic acids is 2. The quantitative estimate of drug-likeness (QED) is 0.658. The summed E-state index contributed by atoms with van der Waals surface area (Å²) in [5.41, 5.74) is 2.43. The van der Waals surface area contributed by atoms with Gasteiger partial charge in [0.05, 0.1) is 37.3 Å². The number of amides is 1. The summed E-state index contributed by atoms with van der Waals surface area (Å²) in [5.74, 6) is -0.534. The lowest BCUT2D eigenvalue weighted by Crippen LogP contribution is -2.41. The molecule has 0 bridgehead atoms. The predicted octanol–water partition coefficient (Wildman–Crippen LogP) is 2.06. The molecule has 29 heavy (non-hydrogen) atoms. The number of carbonyl (C=O) groups is 2. The Morgan fingerprint density at radius 3 is 2.48 bits per heavy atom. The van der Waals surface area contributed by atoms with Crippen LogP contribution in [-0.2, 0) is 9.47 Å². The highest BCUT2D eigenvalue weighted by Crippen LogP contribution is 2.17. The number of hydrogen-bond acceptors (Lipinski definition) is 7. The lowest BCUT2D eigenvalue weighted by molar-refractivity contribution is 0.0383. The molecule has 2 aromatic rings. The number of rotatable bonds is 8. The number of benzene rings is 1. The van der Waals surface area contributed by atoms with Gasteiger partial charge in [0.25, 0.3) is 5.91 Å². The van der Waals surface area contributed by atoms with Crippen LogP contribution in [0, 0.1) is 0 Å². The van der Waals surface area contributed by atoms with Crippen molar-refractivity contribution < 1.29 is 19.1 Å². The van der Waals surface area contributed by atoms with Gasteiger partial charge in [0.2, 0.25) is 0 Å². The van der Waals surface area contributed by atoms with Gasteiger partial charge < -0.3 is 20.1 Å². The van der Waals surface area contributed by atoms with Crippen LogP contribution in [0.5, 0.6) is 0 Å². The smallest absolute Gasteiger partial charge is 0.338 e. The molecule has 0 spiro atoms. The van der Waals surface area contributed by atoms with Gasteiger partial charge in [0.15, 0.2) is 0 Å². The van der Waals surface area contributed by atoms with Crippen molar-refractivity contribution in [3.05, 3.63) is 53.9 Å². The lowest BCUT2D eigenvalue weighted by Gasteiger charge is -2.26. The van der Waals surface area contributed by atoms with E-state index < -0.39 is 0 Å². The van der Waals surface area contributed by atoms with Crippen molar-refractivity contribution in [3.63, 3.8) is 0 Å². The molecule has 1 saturated heterocycles. The largest absolute Gasteiger partial charge is 0.462 e. The van der Waals surface area contributed by atoms with E-state index in [0.717, 1.165) is 44.2 Å². The van der Waals surface area contributed by atoms with E-state index in [-0.39, 0.29) is 11.9 Å². The molecular weight excluding hydrogens is 372 g/mol. The summed E-state index contributed by atoms with van der Waals surface area (Å²) in [6.07, 6.45) is 1.61. The highest BCUT2D eigenvalue weighted by atomic mass is 16.5. The van der Waals surface area contributed by atoms with Gasteiger partial charge in [-0.3, -0.25) is 9.69 Å². The van der Waals surface area contributed by atoms with Crippen LogP contribution in [0.2, 0.25) is 0 Å². The summed E-state index contributed by atoms with van der Waals surface area (Å²) in [7, 11) is 0. The van der Waals surface area contributed by atoms with Gasteiger partial charge in [-0.1, -0.05) is 0 Å². The van der Waals surface area contributed by atoms with Crippen molar-refractivity contribution in [2.45, 2.75) is 6.92 Å². The summed E-state index contributed by atoms with van der Waals surface area (Å²) in [4.78, 5) is 30.4. The Kier molecular flexibility index (Phi) is 7.54. The summed E-state index contributed by atoms with van der Waals surface area (Å²) in [6.45, 7) is 6.78. The first-order chi connectivity index (χ1) is 14.2. The number of nitrogens with one attached hydrogen (secondary N) is 2. The zero-order valence-electron chi connectivity index (χ0n) is 16.5. The van der Waals surface area contributed by atoms with Crippen LogP contribution in [0.15, 0.2) is 42.6 Å². The van der Waals surface area contributed by atoms with Gasteiger partial charge in [-0.2, -0.15) is 0 Å². The van der Waals surface area contributed by atoms with E-state index >= 15 is 0 Å². The molecular formula is C21H26N4O4. The summed E-state index contributed by atoms with van der Waals surface area (Å²) in [5, 5.41) is 6.08. The Morgan fingerprint density at radius 1 is 1.10 bits per heavy atom. The van der Waals surface area contributed by atoms with Crippen LogP contribution < -0.4 is 10.6 Å². The molecule has 2 heterocycles. The summed E-state index contributed by atoms with van der Waals surface area (Å²) >= 11 is 0. The van der Waals surface area contributed by atoms with Crippen molar-refractivity contribution in [1.82, 2.24) is 15.2 Å². The van der Waals surface area contributed by atoms with Gasteiger partial charge in [-0.05, 0) is 43.3 Å². The highest BCUT2D eigenvalue weighted by molar-refractivity contribution is 5.92. The molecule has 0 unspecified atom stereocenters. The lowest BCUT2D eigenvalue weighted by atomic mass is 10.2. The zero-order chi connectivity index (χ0) is 20.5. The maximum Gasteiger partial charge on any atom is 0.338 e. The third-order valence-corrected chi connectivity index (χ3v) is 4.50. The third kappa shape index (κ3) is 6.27. The number of esters is 1. The van der Waals surface area contributed by atoms with Crippen molar-refractivity contribution in [2.24, 2.45) is 0 Å². The molecule has 8 nitrogen and oxygen atoms in total. The average Bonchev–Trinajstić information content (AvgIpc) is 2.75. The van der Waals surface area contributed by atoms with Crippen molar-refractivity contribution >= 4 is 23.3 Å². The van der Waals surface area contributed by atoms with Crippen molar-refractivity contribution in [3.8, 4) is 0 Å². The molecule has 1 aromatic carbocycles. The molecule has 1 aliphatic heterocycles. The molecule has 154 valence electrons. The zero-order valence-corrected chi connectivity index (χ0v) is 16.5. The molecule has 1 aliphatic rings. The fourth-order valence-electron chi connectivity index (χ4n) is 2.92. The normalized spacial score (nSPS) is 14.2. The Labute approximate surface area is 170 Å². The predicted molar refractivity (Wildman–Crippen MR) is 110 cm³/mol. The molecule has 3 rings (SSSR count). The van der Waals surface area contributed by atoms with E-state index in [9.17, 15) is 9.59 Å². The minimum absolute atomic E-state index is 0.191. The maximum atomic E-state index is 12.2. The van der Waals surface area contributed by atoms with Crippen molar-refractivity contribution in [1.29, 1.82) is 0 Å². The second kappa shape index (κ2) is 10.5. The van der Waals surface area contributed by atoms with Gasteiger partial charge in [0.1, 0.15) is 5.69 Å². The standard InChI is InChI=1S/C21H26N4O4/c1-2-29-21(27)16-3-5-17(6-4-16)24-18-7-8-19(23-15-18)20(26)22-9-10-25-11-13-28-14-12-25/h3-8,15,24H,2,9-14H2,1H3,(H,22,26). The van der Waals surface area contributed by atoms with Gasteiger partial charge >= 0.3 is 5.97 Å². The number of ether oxygens (including phenoxy) is 2. The van der Waals surface area contributed by atoms with Crippen LogP contribution in [0.3, 0.4) is 0 Å². The minimum Gasteiger partial charge on any atom is -0.462 e. The van der Waals surface area contributed by atoms with E-state index in [1.165, 1.54) is 0 Å². The Hall–Kier alpha value is -2.97. The molecule has 1 amide bonds. The Balaban J connectivity index is 1.47. The van der Waals surface area contributed by atoms with Crippen LogP contribution in [0.25, 0.3) is 0 Å². The number of nitrogens with zero attached hydrogens (tertiary/aromatic N) is 2. The number of pyridine rings is 1. The van der Waals surface area contributed by atoms with Crippen LogP contribution in [0.4, 0.5) is 11.4 Å². The van der Waals surface area contributed by atoms with E-state index in [2.05, 4.69) is 20.5 Å². The van der Waals surface area contributed by atoms with E-state index in [4.69, 9.17) is 9.47 Å². The average molecular weight is 398 g/mol. The number of hydrogen-bond donors (Lipinski definition) is 2. The van der Waals surface area contributed by atoms with E-state index in [1.807, 2.05) is 0 Å². The second-order valence-electron chi connectivity index (χ2n) is 6.56. The third-order valence-electron chi connectivity index (χ3n) is 4.50. The molecule has 0 saturated carbocycles. The fraction of sp³-hybridized carbons (Fsp3) is 0.381. The number of aromatic nitrogens is 1. The molecule has 2 N–H and O–H groups in total. The van der Waals surface area contributed by atoms with Gasteiger partial charge in [-0.15, -0.1) is 0 Å². The molecule has 1 fully saturated rings. The van der Waals surface area contributed by atoms with Crippen LogP contribution >= 0.6 is 0 Å². The fourth-order valence-corrected chi connectivity index (χ4v) is 2.92. The topological polar surface area (TPSA) is 92.8 Å². The van der Waals surface area contributed by atoms with E-state index in [1.54, 1.807) is 49.5 Å². The molecule has 1 aromatic heterocycles. The first-order valence-corrected chi connectivity index (χ1v) is 9.74. The molecule has 0 aliphatic carbocycles. The minimum atomic E-state index is -0.343.